The Labute approximate surface area is 213 Å². The second-order valence-corrected chi connectivity index (χ2v) is 9.63. The van der Waals surface area contributed by atoms with Gasteiger partial charge in [-0.25, -0.2) is 4.79 Å². The molecule has 8 nitrogen and oxygen atoms in total. The van der Waals surface area contributed by atoms with Gasteiger partial charge in [0.15, 0.2) is 0 Å². The van der Waals surface area contributed by atoms with Gasteiger partial charge >= 0.3 is 5.97 Å². The molecule has 1 aromatic heterocycles. The van der Waals surface area contributed by atoms with Gasteiger partial charge in [-0.3, -0.25) is 9.69 Å². The molecule has 1 saturated heterocycles. The highest BCUT2D eigenvalue weighted by atomic mass is 16.5. The molecule has 1 aromatic carbocycles. The van der Waals surface area contributed by atoms with Crippen LogP contribution in [-0.2, 0) is 24.2 Å². The molecule has 36 heavy (non-hydrogen) atoms. The second-order valence-electron chi connectivity index (χ2n) is 9.63. The van der Waals surface area contributed by atoms with Crippen molar-refractivity contribution in [3.8, 4) is 11.5 Å². The van der Waals surface area contributed by atoms with Crippen LogP contribution in [0, 0.1) is 5.92 Å². The van der Waals surface area contributed by atoms with E-state index in [4.69, 9.17) is 14.2 Å². The Morgan fingerprint density at radius 1 is 1.14 bits per heavy atom. The molecule has 0 radical (unpaired) electrons. The number of nitrogens with zero attached hydrogens (tertiary/aromatic N) is 3. The molecule has 1 unspecified atom stereocenters. The van der Waals surface area contributed by atoms with Gasteiger partial charge in [0.25, 0.3) is 5.56 Å². The molecular weight excluding hydrogens is 458 g/mol. The molecule has 4 rings (SSSR count). The van der Waals surface area contributed by atoms with E-state index < -0.39 is 5.97 Å². The van der Waals surface area contributed by atoms with E-state index in [9.17, 15) is 9.59 Å². The Kier molecular flexibility index (Phi) is 8.83. The molecule has 2 aromatic rings. The predicted molar refractivity (Wildman–Crippen MR) is 139 cm³/mol. The number of aromatic nitrogens is 1. The Hall–Kier alpha value is -3.10. The Balaban J connectivity index is 1.54. The van der Waals surface area contributed by atoms with Crippen LogP contribution in [0.3, 0.4) is 0 Å². The number of hydrogen-bond acceptors (Lipinski definition) is 7. The van der Waals surface area contributed by atoms with Gasteiger partial charge < -0.3 is 23.7 Å². The summed E-state index contributed by atoms with van der Waals surface area (Å²) in [5.41, 5.74) is 1.99. The average molecular weight is 496 g/mol. The van der Waals surface area contributed by atoms with Crippen molar-refractivity contribution in [3.05, 3.63) is 70.2 Å². The number of ether oxygens (including phenoxy) is 3. The van der Waals surface area contributed by atoms with Crippen LogP contribution < -0.4 is 15.0 Å². The fraction of sp³-hybridized carbons (Fsp3) is 0.500. The molecule has 0 bridgehead atoms. The molecule has 0 saturated carbocycles. The van der Waals surface area contributed by atoms with Gasteiger partial charge in [-0.2, -0.15) is 0 Å². The number of rotatable bonds is 9. The highest BCUT2D eigenvalue weighted by Gasteiger charge is 2.27. The molecule has 1 atom stereocenters. The summed E-state index contributed by atoms with van der Waals surface area (Å²) in [7, 11) is 3.48. The number of esters is 1. The van der Waals surface area contributed by atoms with Crippen molar-refractivity contribution < 1.29 is 19.0 Å². The van der Waals surface area contributed by atoms with E-state index in [2.05, 4.69) is 29.5 Å². The number of fused-ring (bicyclic) bond motifs is 1. The lowest BCUT2D eigenvalue weighted by molar-refractivity contribution is 0.0590. The molecule has 1 fully saturated rings. The summed E-state index contributed by atoms with van der Waals surface area (Å²) in [6.45, 7) is 9.22. The summed E-state index contributed by atoms with van der Waals surface area (Å²) in [6, 6.07) is 9.41. The zero-order valence-corrected chi connectivity index (χ0v) is 21.4. The lowest BCUT2D eigenvalue weighted by Gasteiger charge is -2.29. The van der Waals surface area contributed by atoms with Crippen molar-refractivity contribution in [2.45, 2.75) is 32.4 Å². The quantitative estimate of drug-likeness (QED) is 0.391. The zero-order valence-electron chi connectivity index (χ0n) is 21.4. The molecule has 0 spiro atoms. The van der Waals surface area contributed by atoms with Crippen LogP contribution >= 0.6 is 0 Å². The normalized spacial score (nSPS) is 18.7. The van der Waals surface area contributed by atoms with Gasteiger partial charge in [-0.1, -0.05) is 30.9 Å². The summed E-state index contributed by atoms with van der Waals surface area (Å²) in [5.74, 6) is 1.07. The van der Waals surface area contributed by atoms with Gasteiger partial charge in [-0.15, -0.1) is 0 Å². The number of hydrogen-bond donors (Lipinski definition) is 0. The van der Waals surface area contributed by atoms with Gasteiger partial charge in [0.2, 0.25) is 0 Å². The summed E-state index contributed by atoms with van der Waals surface area (Å²) < 4.78 is 18.8. The van der Waals surface area contributed by atoms with E-state index in [-0.39, 0.29) is 5.56 Å². The minimum Gasteiger partial charge on any atom is -0.492 e. The van der Waals surface area contributed by atoms with Crippen LogP contribution in [0.4, 0.5) is 0 Å². The summed E-state index contributed by atoms with van der Waals surface area (Å²) in [5, 5.41) is 0. The highest BCUT2D eigenvalue weighted by Crippen LogP contribution is 2.27. The first kappa shape index (κ1) is 26.0. The van der Waals surface area contributed by atoms with Crippen LogP contribution in [0.5, 0.6) is 11.5 Å². The average Bonchev–Trinajstić information content (AvgIpc) is 3.10. The van der Waals surface area contributed by atoms with Crippen LogP contribution in [0.2, 0.25) is 0 Å². The maximum atomic E-state index is 13.1. The van der Waals surface area contributed by atoms with Crippen LogP contribution in [0.15, 0.2) is 47.8 Å². The van der Waals surface area contributed by atoms with Crippen molar-refractivity contribution in [2.24, 2.45) is 5.92 Å². The molecule has 0 amide bonds. The number of para-hydroxylation sites is 1. The first-order valence-electron chi connectivity index (χ1n) is 12.7. The van der Waals surface area contributed by atoms with Crippen molar-refractivity contribution in [2.75, 3.05) is 53.6 Å². The lowest BCUT2D eigenvalue weighted by atomic mass is 9.99. The fourth-order valence-electron chi connectivity index (χ4n) is 5.17. The largest absolute Gasteiger partial charge is 0.492 e. The standard InChI is InChI=1S/C28H37N3O5/c1-4-16-35-24-10-6-5-9-22(24)19-30-13-11-23-27(28(33)34-3)25(17-26(32)31(23)15-14-30)36-20-21-8-7-12-29(2)18-21/h4-6,9-10,17,21H,1,7-8,11-16,18-20H2,2-3H3. The number of pyridine rings is 1. The third kappa shape index (κ3) is 6.17. The summed E-state index contributed by atoms with van der Waals surface area (Å²) >= 11 is 0. The first-order valence-corrected chi connectivity index (χ1v) is 12.7. The molecular formula is C28H37N3O5. The number of methoxy groups -OCH3 is 1. The number of benzene rings is 1. The number of piperidine rings is 1. The van der Waals surface area contributed by atoms with Crippen molar-refractivity contribution in [3.63, 3.8) is 0 Å². The SMILES string of the molecule is C=CCOc1ccccc1CN1CCc2c(C(=O)OC)c(OCC3CCCN(C)C3)cc(=O)n2CC1. The minimum absolute atomic E-state index is 0.148. The maximum absolute atomic E-state index is 13.1. The molecule has 8 heteroatoms. The highest BCUT2D eigenvalue weighted by molar-refractivity contribution is 5.93. The van der Waals surface area contributed by atoms with Crippen LogP contribution in [0.1, 0.15) is 34.5 Å². The molecule has 2 aliphatic rings. The Morgan fingerprint density at radius 3 is 2.75 bits per heavy atom. The molecule has 194 valence electrons. The van der Waals surface area contributed by atoms with Crippen molar-refractivity contribution in [1.82, 2.24) is 14.4 Å². The van der Waals surface area contributed by atoms with E-state index >= 15 is 0 Å². The third-order valence-corrected chi connectivity index (χ3v) is 7.00. The Bertz CT molecular complexity index is 1130. The van der Waals surface area contributed by atoms with Crippen molar-refractivity contribution >= 4 is 5.97 Å². The smallest absolute Gasteiger partial charge is 0.343 e. The topological polar surface area (TPSA) is 73.2 Å². The third-order valence-electron chi connectivity index (χ3n) is 7.00. The van der Waals surface area contributed by atoms with Crippen molar-refractivity contribution in [1.29, 1.82) is 0 Å². The van der Waals surface area contributed by atoms with Gasteiger partial charge in [-0.05, 0) is 32.5 Å². The lowest BCUT2D eigenvalue weighted by Crippen LogP contribution is -2.35. The van der Waals surface area contributed by atoms with Crippen LogP contribution in [0.25, 0.3) is 0 Å². The van der Waals surface area contributed by atoms with Gasteiger partial charge in [0.05, 0.1) is 13.7 Å². The van der Waals surface area contributed by atoms with Gasteiger partial charge in [0, 0.05) is 62.4 Å². The zero-order chi connectivity index (χ0) is 25.5. The van der Waals surface area contributed by atoms with E-state index in [1.54, 1.807) is 10.6 Å². The number of carbonyl (C=O) groups excluding carboxylic acids is 1. The minimum atomic E-state index is -0.467. The van der Waals surface area contributed by atoms with E-state index in [1.807, 2.05) is 18.2 Å². The maximum Gasteiger partial charge on any atom is 0.343 e. The molecule has 2 aliphatic heterocycles. The fourth-order valence-corrected chi connectivity index (χ4v) is 5.17. The number of likely N-dealkylation sites (tertiary alicyclic amines) is 1. The van der Waals surface area contributed by atoms with E-state index in [0.29, 0.717) is 68.7 Å². The monoisotopic (exact) mass is 495 g/mol. The molecule has 0 N–H and O–H groups in total. The predicted octanol–water partition coefficient (Wildman–Crippen LogP) is 2.98. The second kappa shape index (κ2) is 12.2. The first-order chi connectivity index (χ1) is 17.5. The molecule has 3 heterocycles. The summed E-state index contributed by atoms with van der Waals surface area (Å²) in [4.78, 5) is 30.6. The number of carbonyl (C=O) groups is 1. The Morgan fingerprint density at radius 2 is 1.97 bits per heavy atom. The van der Waals surface area contributed by atoms with Gasteiger partial charge in [0.1, 0.15) is 23.7 Å². The van der Waals surface area contributed by atoms with E-state index in [1.165, 1.54) is 13.2 Å². The van der Waals surface area contributed by atoms with E-state index in [0.717, 1.165) is 37.2 Å². The molecule has 0 aliphatic carbocycles. The van der Waals surface area contributed by atoms with Crippen LogP contribution in [-0.4, -0.2) is 73.9 Å². The summed E-state index contributed by atoms with van der Waals surface area (Å²) in [6.07, 6.45) is 4.47.